The van der Waals surface area contributed by atoms with Gasteiger partial charge < -0.3 is 0 Å². The standard InChI is InChI=1S/C18H18F3N3O3/c1-17(2)7-12-14(13(25)8-17)15(18(19,20)21)22-24(12)9-10-3-5-11(6-4-10)16(26)23-27/h3-6,27H,7-9H2,1-2H3,(H,23,26). The molecule has 6 nitrogen and oxygen atoms in total. The fourth-order valence-corrected chi connectivity index (χ4v) is 3.34. The maximum Gasteiger partial charge on any atom is 0.435 e. The summed E-state index contributed by atoms with van der Waals surface area (Å²) in [6.45, 7) is 3.70. The van der Waals surface area contributed by atoms with Gasteiger partial charge in [-0.1, -0.05) is 26.0 Å². The van der Waals surface area contributed by atoms with Gasteiger partial charge in [-0.3, -0.25) is 19.5 Å². The fraction of sp³-hybridized carbons (Fsp3) is 0.389. The van der Waals surface area contributed by atoms with Crippen LogP contribution in [0, 0.1) is 5.41 Å². The van der Waals surface area contributed by atoms with Crippen LogP contribution in [0.2, 0.25) is 0 Å². The van der Waals surface area contributed by atoms with E-state index in [9.17, 15) is 22.8 Å². The van der Waals surface area contributed by atoms with Crippen molar-refractivity contribution in [2.75, 3.05) is 0 Å². The first kappa shape index (κ1) is 19.1. The van der Waals surface area contributed by atoms with Gasteiger partial charge in [0.25, 0.3) is 5.91 Å². The maximum atomic E-state index is 13.4. The predicted molar refractivity (Wildman–Crippen MR) is 88.5 cm³/mol. The van der Waals surface area contributed by atoms with E-state index in [0.717, 1.165) is 0 Å². The molecule has 0 spiro atoms. The van der Waals surface area contributed by atoms with Gasteiger partial charge >= 0.3 is 6.18 Å². The number of alkyl halides is 3. The molecule has 9 heteroatoms. The van der Waals surface area contributed by atoms with Gasteiger partial charge in [0.1, 0.15) is 0 Å². The quantitative estimate of drug-likeness (QED) is 0.632. The number of halogens is 3. The molecule has 2 aromatic rings. The number of fused-ring (bicyclic) bond motifs is 1. The SMILES string of the molecule is CC1(C)CC(=O)c2c(C(F)(F)F)nn(Cc3ccc(C(=O)NO)cc3)c2C1. The molecule has 0 atom stereocenters. The van der Waals surface area contributed by atoms with E-state index in [2.05, 4.69) is 5.10 Å². The Hall–Kier alpha value is -2.68. The van der Waals surface area contributed by atoms with E-state index in [4.69, 9.17) is 5.21 Å². The second-order valence-electron chi connectivity index (χ2n) is 7.40. The summed E-state index contributed by atoms with van der Waals surface area (Å²) in [5.41, 5.74) is 0.670. The molecule has 0 fully saturated rings. The molecule has 0 saturated carbocycles. The molecular weight excluding hydrogens is 363 g/mol. The van der Waals surface area contributed by atoms with E-state index < -0.39 is 29.0 Å². The fourth-order valence-electron chi connectivity index (χ4n) is 3.34. The second kappa shape index (κ2) is 6.49. The molecule has 1 heterocycles. The Labute approximate surface area is 152 Å². The molecule has 1 amide bonds. The predicted octanol–water partition coefficient (Wildman–Crippen LogP) is 3.22. The molecule has 1 aromatic heterocycles. The maximum absolute atomic E-state index is 13.4. The van der Waals surface area contributed by atoms with E-state index in [1.54, 1.807) is 12.1 Å². The van der Waals surface area contributed by atoms with Gasteiger partial charge in [-0.05, 0) is 29.5 Å². The molecule has 0 bridgehead atoms. The number of carbonyl (C=O) groups excluding carboxylic acids is 2. The number of hydrogen-bond acceptors (Lipinski definition) is 4. The normalized spacial score (nSPS) is 16.1. The zero-order valence-electron chi connectivity index (χ0n) is 14.7. The number of benzene rings is 1. The highest BCUT2D eigenvalue weighted by Crippen LogP contribution is 2.41. The van der Waals surface area contributed by atoms with Crippen molar-refractivity contribution in [1.82, 2.24) is 15.3 Å². The van der Waals surface area contributed by atoms with Crippen molar-refractivity contribution in [2.24, 2.45) is 5.41 Å². The minimum absolute atomic E-state index is 0.0306. The average molecular weight is 381 g/mol. The highest BCUT2D eigenvalue weighted by molar-refractivity contribution is 6.00. The topological polar surface area (TPSA) is 84.2 Å². The number of amides is 1. The summed E-state index contributed by atoms with van der Waals surface area (Å²) in [4.78, 5) is 23.7. The van der Waals surface area contributed by atoms with Crippen molar-refractivity contribution < 1.29 is 28.0 Å². The van der Waals surface area contributed by atoms with Crippen LogP contribution in [-0.4, -0.2) is 26.7 Å². The Kier molecular flexibility index (Phi) is 4.59. The Morgan fingerprint density at radius 2 is 1.89 bits per heavy atom. The third-order valence-electron chi connectivity index (χ3n) is 4.54. The number of nitrogens with zero attached hydrogens (tertiary/aromatic N) is 2. The van der Waals surface area contributed by atoms with Gasteiger partial charge in [-0.2, -0.15) is 18.3 Å². The molecule has 0 saturated heterocycles. The highest BCUT2D eigenvalue weighted by Gasteiger charge is 2.45. The summed E-state index contributed by atoms with van der Waals surface area (Å²) in [6.07, 6.45) is -4.36. The van der Waals surface area contributed by atoms with Crippen LogP contribution < -0.4 is 5.48 Å². The summed E-state index contributed by atoms with van der Waals surface area (Å²) >= 11 is 0. The molecule has 0 unspecified atom stereocenters. The van der Waals surface area contributed by atoms with E-state index in [1.807, 2.05) is 13.8 Å². The van der Waals surface area contributed by atoms with Crippen LogP contribution >= 0.6 is 0 Å². The number of hydroxylamine groups is 1. The Bertz CT molecular complexity index is 899. The first-order chi connectivity index (χ1) is 12.5. The van der Waals surface area contributed by atoms with Crippen LogP contribution in [0.4, 0.5) is 13.2 Å². The van der Waals surface area contributed by atoms with Gasteiger partial charge in [-0.15, -0.1) is 0 Å². The summed E-state index contributed by atoms with van der Waals surface area (Å²) in [5.74, 6) is -1.24. The number of hydrogen-bond donors (Lipinski definition) is 2. The van der Waals surface area contributed by atoms with Gasteiger partial charge in [0, 0.05) is 12.0 Å². The highest BCUT2D eigenvalue weighted by atomic mass is 19.4. The zero-order chi connectivity index (χ0) is 20.0. The minimum atomic E-state index is -4.71. The Balaban J connectivity index is 2.01. The number of rotatable bonds is 3. The van der Waals surface area contributed by atoms with Crippen molar-refractivity contribution in [3.05, 3.63) is 52.3 Å². The molecule has 0 radical (unpaired) electrons. The number of nitrogens with one attached hydrogen (secondary N) is 1. The molecule has 2 N–H and O–H groups in total. The lowest BCUT2D eigenvalue weighted by atomic mass is 9.75. The number of ketones is 1. The van der Waals surface area contributed by atoms with Crippen LogP contribution in [0.1, 0.15) is 57.9 Å². The van der Waals surface area contributed by atoms with Crippen molar-refractivity contribution in [3.8, 4) is 0 Å². The van der Waals surface area contributed by atoms with Crippen molar-refractivity contribution >= 4 is 11.7 Å². The third-order valence-corrected chi connectivity index (χ3v) is 4.54. The molecule has 0 aliphatic heterocycles. The molecule has 27 heavy (non-hydrogen) atoms. The lowest BCUT2D eigenvalue weighted by Gasteiger charge is -2.29. The minimum Gasteiger partial charge on any atom is -0.294 e. The molecule has 1 aromatic carbocycles. The number of aromatic nitrogens is 2. The van der Waals surface area contributed by atoms with Crippen LogP contribution in [0.5, 0.6) is 0 Å². The second-order valence-corrected chi connectivity index (χ2v) is 7.40. The third kappa shape index (κ3) is 3.73. The molecule has 1 aliphatic rings. The number of carbonyl (C=O) groups is 2. The number of Topliss-reactive ketones (excluding diaryl/α,β-unsaturated/α-hetero) is 1. The van der Waals surface area contributed by atoms with Crippen molar-refractivity contribution in [1.29, 1.82) is 0 Å². The average Bonchev–Trinajstić information content (AvgIpc) is 2.92. The smallest absolute Gasteiger partial charge is 0.294 e. The van der Waals surface area contributed by atoms with Crippen LogP contribution in [0.25, 0.3) is 0 Å². The van der Waals surface area contributed by atoms with Crippen LogP contribution in [0.3, 0.4) is 0 Å². The van der Waals surface area contributed by atoms with Crippen molar-refractivity contribution in [2.45, 2.75) is 39.4 Å². The lowest BCUT2D eigenvalue weighted by molar-refractivity contribution is -0.141. The van der Waals surface area contributed by atoms with E-state index in [-0.39, 0.29) is 29.8 Å². The first-order valence-corrected chi connectivity index (χ1v) is 8.25. The molecule has 1 aliphatic carbocycles. The summed E-state index contributed by atoms with van der Waals surface area (Å²) in [7, 11) is 0. The Morgan fingerprint density at radius 1 is 1.26 bits per heavy atom. The monoisotopic (exact) mass is 381 g/mol. The molecular formula is C18H18F3N3O3. The molecule has 144 valence electrons. The lowest BCUT2D eigenvalue weighted by Crippen LogP contribution is -2.29. The van der Waals surface area contributed by atoms with Crippen LogP contribution in [-0.2, 0) is 19.1 Å². The van der Waals surface area contributed by atoms with Crippen LogP contribution in [0.15, 0.2) is 24.3 Å². The Morgan fingerprint density at radius 3 is 2.44 bits per heavy atom. The van der Waals surface area contributed by atoms with E-state index >= 15 is 0 Å². The summed E-state index contributed by atoms with van der Waals surface area (Å²) < 4.78 is 41.4. The zero-order valence-corrected chi connectivity index (χ0v) is 14.7. The van der Waals surface area contributed by atoms with Gasteiger partial charge in [-0.25, -0.2) is 5.48 Å². The van der Waals surface area contributed by atoms with E-state index in [0.29, 0.717) is 12.0 Å². The summed E-state index contributed by atoms with van der Waals surface area (Å²) in [6, 6.07) is 6.00. The van der Waals surface area contributed by atoms with Gasteiger partial charge in [0.05, 0.1) is 17.8 Å². The van der Waals surface area contributed by atoms with Crippen molar-refractivity contribution in [3.63, 3.8) is 0 Å². The van der Waals surface area contributed by atoms with Gasteiger partial charge in [0.2, 0.25) is 0 Å². The van der Waals surface area contributed by atoms with Gasteiger partial charge in [0.15, 0.2) is 11.5 Å². The summed E-state index contributed by atoms with van der Waals surface area (Å²) in [5, 5.41) is 12.3. The first-order valence-electron chi connectivity index (χ1n) is 8.25. The van der Waals surface area contributed by atoms with E-state index in [1.165, 1.54) is 22.3 Å². The largest absolute Gasteiger partial charge is 0.435 e. The molecule has 3 rings (SSSR count).